The number of nitrogens with zero attached hydrogens (tertiary/aromatic N) is 3. The van der Waals surface area contributed by atoms with Crippen LogP contribution < -0.4 is 4.74 Å². The predicted octanol–water partition coefficient (Wildman–Crippen LogP) is 2.71. The number of aromatic nitrogens is 3. The van der Waals surface area contributed by atoms with Crippen molar-refractivity contribution in [3.63, 3.8) is 0 Å². The smallest absolute Gasteiger partial charge is 0.191 e. The lowest BCUT2D eigenvalue weighted by Crippen LogP contribution is -2.01. The number of rotatable bonds is 7. The van der Waals surface area contributed by atoms with E-state index < -0.39 is 0 Å². The van der Waals surface area contributed by atoms with Crippen molar-refractivity contribution in [2.24, 2.45) is 0 Å². The maximum Gasteiger partial charge on any atom is 0.191 e. The Labute approximate surface area is 123 Å². The van der Waals surface area contributed by atoms with E-state index in [9.17, 15) is 0 Å². The number of hydrogen-bond donors (Lipinski definition) is 0. The third-order valence-electron chi connectivity index (χ3n) is 2.90. The van der Waals surface area contributed by atoms with Gasteiger partial charge in [-0.15, -0.1) is 10.2 Å². The molecule has 0 saturated heterocycles. The van der Waals surface area contributed by atoms with Crippen molar-refractivity contribution in [2.45, 2.75) is 18.6 Å². The summed E-state index contributed by atoms with van der Waals surface area (Å²) in [5.41, 5.74) is 1.04. The zero-order valence-electron chi connectivity index (χ0n) is 12.0. The van der Waals surface area contributed by atoms with Gasteiger partial charge in [-0.1, -0.05) is 11.8 Å². The van der Waals surface area contributed by atoms with Crippen LogP contribution in [0.3, 0.4) is 0 Å². The molecular weight excluding hydrogens is 274 g/mol. The summed E-state index contributed by atoms with van der Waals surface area (Å²) in [7, 11) is 3.36. The van der Waals surface area contributed by atoms with Crippen molar-refractivity contribution in [3.8, 4) is 17.1 Å². The van der Waals surface area contributed by atoms with Crippen LogP contribution in [-0.2, 0) is 11.3 Å². The molecule has 0 spiro atoms. The monoisotopic (exact) mass is 293 g/mol. The predicted molar refractivity (Wildman–Crippen MR) is 80.3 cm³/mol. The molecule has 2 rings (SSSR count). The average molecular weight is 293 g/mol. The normalized spacial score (nSPS) is 10.8. The fourth-order valence-electron chi connectivity index (χ4n) is 1.85. The van der Waals surface area contributed by atoms with Crippen molar-refractivity contribution in [3.05, 3.63) is 24.3 Å². The van der Waals surface area contributed by atoms with Crippen LogP contribution in [0.25, 0.3) is 11.4 Å². The fourth-order valence-corrected chi connectivity index (χ4v) is 2.75. The van der Waals surface area contributed by atoms with Gasteiger partial charge >= 0.3 is 0 Å². The molecule has 0 bridgehead atoms. The first-order valence-corrected chi connectivity index (χ1v) is 7.48. The van der Waals surface area contributed by atoms with Crippen molar-refractivity contribution in [1.29, 1.82) is 0 Å². The van der Waals surface area contributed by atoms with Crippen molar-refractivity contribution < 1.29 is 9.47 Å². The minimum absolute atomic E-state index is 0.707. The highest BCUT2D eigenvalue weighted by molar-refractivity contribution is 7.99. The lowest BCUT2D eigenvalue weighted by atomic mass is 10.2. The van der Waals surface area contributed by atoms with Crippen LogP contribution in [0, 0.1) is 0 Å². The molecule has 1 aromatic heterocycles. The van der Waals surface area contributed by atoms with Gasteiger partial charge < -0.3 is 14.0 Å². The van der Waals surface area contributed by atoms with E-state index in [4.69, 9.17) is 9.47 Å². The SMILES string of the molecule is CCn1c(SCCOC)nnc1-c1ccc(OC)cc1. The first-order valence-electron chi connectivity index (χ1n) is 6.49. The molecule has 0 aliphatic heterocycles. The largest absolute Gasteiger partial charge is 0.497 e. The highest BCUT2D eigenvalue weighted by Gasteiger charge is 2.12. The molecule has 0 saturated carbocycles. The van der Waals surface area contributed by atoms with Crippen LogP contribution in [0.4, 0.5) is 0 Å². The highest BCUT2D eigenvalue weighted by Crippen LogP contribution is 2.25. The van der Waals surface area contributed by atoms with E-state index in [1.54, 1.807) is 26.0 Å². The second-order valence-corrected chi connectivity index (χ2v) is 5.18. The summed E-state index contributed by atoms with van der Waals surface area (Å²) in [5.74, 6) is 2.60. The van der Waals surface area contributed by atoms with E-state index in [-0.39, 0.29) is 0 Å². The van der Waals surface area contributed by atoms with Crippen LogP contribution >= 0.6 is 11.8 Å². The molecule has 2 aromatic rings. The average Bonchev–Trinajstić information content (AvgIpc) is 2.90. The van der Waals surface area contributed by atoms with Gasteiger partial charge in [0.15, 0.2) is 11.0 Å². The molecule has 1 aromatic carbocycles. The van der Waals surface area contributed by atoms with E-state index in [2.05, 4.69) is 21.7 Å². The van der Waals surface area contributed by atoms with E-state index in [0.29, 0.717) is 6.61 Å². The van der Waals surface area contributed by atoms with E-state index >= 15 is 0 Å². The van der Waals surface area contributed by atoms with Crippen LogP contribution in [0.1, 0.15) is 6.92 Å². The topological polar surface area (TPSA) is 49.2 Å². The summed E-state index contributed by atoms with van der Waals surface area (Å²) in [6.07, 6.45) is 0. The number of ether oxygens (including phenoxy) is 2. The minimum Gasteiger partial charge on any atom is -0.497 e. The Balaban J connectivity index is 2.22. The van der Waals surface area contributed by atoms with Crippen molar-refractivity contribution in [2.75, 3.05) is 26.6 Å². The summed E-state index contributed by atoms with van der Waals surface area (Å²) >= 11 is 1.66. The quantitative estimate of drug-likeness (QED) is 0.580. The molecule has 1 heterocycles. The number of hydrogen-bond acceptors (Lipinski definition) is 5. The molecule has 0 radical (unpaired) electrons. The molecule has 20 heavy (non-hydrogen) atoms. The van der Waals surface area contributed by atoms with Crippen LogP contribution in [0.5, 0.6) is 5.75 Å². The third-order valence-corrected chi connectivity index (χ3v) is 3.83. The van der Waals surface area contributed by atoms with Gasteiger partial charge in [0, 0.05) is 25.0 Å². The lowest BCUT2D eigenvalue weighted by molar-refractivity contribution is 0.218. The Morgan fingerprint density at radius 3 is 2.50 bits per heavy atom. The van der Waals surface area contributed by atoms with Gasteiger partial charge in [-0.05, 0) is 31.2 Å². The standard InChI is InChI=1S/C14H19N3O2S/c1-4-17-13(11-5-7-12(19-3)8-6-11)15-16-14(17)20-10-9-18-2/h5-8H,4,9-10H2,1-3H3. The summed E-state index contributed by atoms with van der Waals surface area (Å²) in [4.78, 5) is 0. The van der Waals surface area contributed by atoms with Gasteiger partial charge in [0.1, 0.15) is 5.75 Å². The zero-order valence-corrected chi connectivity index (χ0v) is 12.8. The Kier molecular flexibility index (Phi) is 5.43. The highest BCUT2D eigenvalue weighted by atomic mass is 32.2. The van der Waals surface area contributed by atoms with E-state index in [1.807, 2.05) is 24.3 Å². The van der Waals surface area contributed by atoms with Gasteiger partial charge in [-0.25, -0.2) is 0 Å². The molecule has 0 unspecified atom stereocenters. The number of methoxy groups -OCH3 is 2. The molecule has 0 amide bonds. The van der Waals surface area contributed by atoms with Gasteiger partial charge in [0.2, 0.25) is 0 Å². The Hall–Kier alpha value is -1.53. The maximum atomic E-state index is 5.17. The molecule has 0 fully saturated rings. The van der Waals surface area contributed by atoms with Crippen LogP contribution in [0.15, 0.2) is 29.4 Å². The third kappa shape index (κ3) is 3.32. The summed E-state index contributed by atoms with van der Waals surface area (Å²) in [5, 5.41) is 9.50. The van der Waals surface area contributed by atoms with Gasteiger partial charge in [0.05, 0.1) is 13.7 Å². The summed E-state index contributed by atoms with van der Waals surface area (Å²) in [6.45, 7) is 3.64. The molecule has 0 aliphatic rings. The van der Waals surface area contributed by atoms with E-state index in [0.717, 1.165) is 34.6 Å². The van der Waals surface area contributed by atoms with Crippen molar-refractivity contribution in [1.82, 2.24) is 14.8 Å². The zero-order chi connectivity index (χ0) is 14.4. The van der Waals surface area contributed by atoms with Gasteiger partial charge in [-0.2, -0.15) is 0 Å². The van der Waals surface area contributed by atoms with E-state index in [1.165, 1.54) is 0 Å². The maximum absolute atomic E-state index is 5.17. The molecule has 6 heteroatoms. The fraction of sp³-hybridized carbons (Fsp3) is 0.429. The summed E-state index contributed by atoms with van der Waals surface area (Å²) in [6, 6.07) is 7.86. The molecule has 0 N–H and O–H groups in total. The lowest BCUT2D eigenvalue weighted by Gasteiger charge is -2.07. The molecule has 0 atom stereocenters. The second-order valence-electron chi connectivity index (χ2n) is 4.12. The molecular formula is C14H19N3O2S. The first kappa shape index (κ1) is 14.9. The second kappa shape index (κ2) is 7.31. The Morgan fingerprint density at radius 1 is 1.15 bits per heavy atom. The Bertz CT molecular complexity index is 540. The van der Waals surface area contributed by atoms with Gasteiger partial charge in [-0.3, -0.25) is 0 Å². The van der Waals surface area contributed by atoms with Crippen LogP contribution in [-0.4, -0.2) is 41.3 Å². The summed E-state index contributed by atoms with van der Waals surface area (Å²) < 4.78 is 12.3. The molecule has 108 valence electrons. The number of benzene rings is 1. The van der Waals surface area contributed by atoms with Crippen LogP contribution in [0.2, 0.25) is 0 Å². The van der Waals surface area contributed by atoms with Crippen molar-refractivity contribution >= 4 is 11.8 Å². The van der Waals surface area contributed by atoms with Gasteiger partial charge in [0.25, 0.3) is 0 Å². The molecule has 0 aliphatic carbocycles. The minimum atomic E-state index is 0.707. The Morgan fingerprint density at radius 2 is 1.90 bits per heavy atom. The molecule has 5 nitrogen and oxygen atoms in total. The number of thioether (sulfide) groups is 1. The first-order chi connectivity index (χ1) is 9.80.